The van der Waals surface area contributed by atoms with E-state index in [1.165, 1.54) is 57.8 Å². The van der Waals surface area contributed by atoms with Gasteiger partial charge in [0, 0.05) is 0 Å². The lowest BCUT2D eigenvalue weighted by atomic mass is 9.46. The lowest BCUT2D eigenvalue weighted by Crippen LogP contribution is -2.15. The third kappa shape index (κ3) is 7.89. The Balaban J connectivity index is 2.37. The van der Waals surface area contributed by atoms with Crippen molar-refractivity contribution in [1.29, 1.82) is 0 Å². The summed E-state index contributed by atoms with van der Waals surface area (Å²) in [6, 6.07) is 0. The van der Waals surface area contributed by atoms with Gasteiger partial charge in [0.05, 0.1) is 0 Å². The molecule has 1 rings (SSSR count). The van der Waals surface area contributed by atoms with Crippen molar-refractivity contribution < 1.29 is 0 Å². The van der Waals surface area contributed by atoms with Crippen molar-refractivity contribution in [3.05, 3.63) is 0 Å². The highest BCUT2D eigenvalue weighted by Crippen LogP contribution is 2.33. The maximum Gasteiger partial charge on any atom is 0.120 e. The summed E-state index contributed by atoms with van der Waals surface area (Å²) in [5.41, 5.74) is 0. The van der Waals surface area contributed by atoms with E-state index in [1.54, 1.807) is 0 Å². The fourth-order valence-electron chi connectivity index (χ4n) is 3.14. The molecule has 1 heteroatoms. The molecule has 0 heterocycles. The molecule has 0 aromatic heterocycles. The summed E-state index contributed by atoms with van der Waals surface area (Å²) in [5, 5.41) is 0.401. The molecule has 1 saturated carbocycles. The minimum atomic E-state index is 0.401. The van der Waals surface area contributed by atoms with Crippen molar-refractivity contribution in [2.75, 3.05) is 0 Å². The van der Waals surface area contributed by atoms with Crippen LogP contribution in [0.4, 0.5) is 0 Å². The van der Waals surface area contributed by atoms with Gasteiger partial charge < -0.3 is 0 Å². The van der Waals surface area contributed by atoms with Crippen LogP contribution in [-0.4, -0.2) is 7.28 Å². The van der Waals surface area contributed by atoms with Gasteiger partial charge in [-0.25, -0.2) is 0 Å². The van der Waals surface area contributed by atoms with Gasteiger partial charge in [-0.05, 0) is 5.92 Å². The van der Waals surface area contributed by atoms with Gasteiger partial charge in [-0.1, -0.05) is 96.6 Å². The van der Waals surface area contributed by atoms with Gasteiger partial charge in [-0.3, -0.25) is 0 Å². The highest BCUT2D eigenvalue weighted by Gasteiger charge is 2.20. The molecule has 0 bridgehead atoms. The Labute approximate surface area is 110 Å². The Morgan fingerprint density at radius 3 is 1.82 bits per heavy atom. The second-order valence-electron chi connectivity index (χ2n) is 7.32. The number of hydrogen-bond donors (Lipinski definition) is 0. The molecular formula is C16H32B. The standard InChI is InChI=1S/C16H32B/c1-14-10-6-5-7-12-15(13-9-8-11-14)17-16(2,3)4/h14-15H,5-13H2,1-4H3. The Kier molecular flexibility index (Phi) is 6.66. The fourth-order valence-corrected chi connectivity index (χ4v) is 3.14. The van der Waals surface area contributed by atoms with Gasteiger partial charge in [0.2, 0.25) is 0 Å². The quantitative estimate of drug-likeness (QED) is 0.499. The monoisotopic (exact) mass is 235 g/mol. The van der Waals surface area contributed by atoms with Crippen molar-refractivity contribution >= 4 is 7.28 Å². The van der Waals surface area contributed by atoms with Crippen LogP contribution in [0, 0.1) is 5.92 Å². The van der Waals surface area contributed by atoms with Crippen LogP contribution in [0.15, 0.2) is 0 Å². The Hall–Kier alpha value is 0.0649. The van der Waals surface area contributed by atoms with Crippen LogP contribution in [-0.2, 0) is 0 Å². The highest BCUT2D eigenvalue weighted by molar-refractivity contribution is 6.41. The molecule has 2 atom stereocenters. The summed E-state index contributed by atoms with van der Waals surface area (Å²) >= 11 is 0. The second-order valence-corrected chi connectivity index (χ2v) is 7.32. The number of hydrogen-bond acceptors (Lipinski definition) is 0. The van der Waals surface area contributed by atoms with Gasteiger partial charge >= 0.3 is 0 Å². The third-order valence-corrected chi connectivity index (χ3v) is 4.03. The van der Waals surface area contributed by atoms with Crippen molar-refractivity contribution in [3.63, 3.8) is 0 Å². The fraction of sp³-hybridized carbons (Fsp3) is 1.00. The van der Waals surface area contributed by atoms with Gasteiger partial charge in [-0.2, -0.15) is 0 Å². The van der Waals surface area contributed by atoms with E-state index in [2.05, 4.69) is 35.0 Å². The molecule has 0 spiro atoms. The zero-order chi connectivity index (χ0) is 12.7. The Morgan fingerprint density at radius 2 is 1.24 bits per heavy atom. The topological polar surface area (TPSA) is 0 Å². The summed E-state index contributed by atoms with van der Waals surface area (Å²) in [4.78, 5) is 0. The molecule has 0 aromatic rings. The molecule has 2 unspecified atom stereocenters. The summed E-state index contributed by atoms with van der Waals surface area (Å²) in [5.74, 6) is 1.85. The van der Waals surface area contributed by atoms with Crippen molar-refractivity contribution in [2.45, 2.75) is 96.6 Å². The van der Waals surface area contributed by atoms with Gasteiger partial charge in [0.15, 0.2) is 0 Å². The summed E-state index contributed by atoms with van der Waals surface area (Å²) in [6.45, 7) is 9.48. The van der Waals surface area contributed by atoms with E-state index >= 15 is 0 Å². The first-order chi connectivity index (χ1) is 7.97. The molecule has 0 nitrogen and oxygen atoms in total. The van der Waals surface area contributed by atoms with E-state index in [1.807, 2.05) is 0 Å². The molecule has 0 aliphatic heterocycles. The minimum Gasteiger partial charge on any atom is -0.0682 e. The predicted molar refractivity (Wildman–Crippen MR) is 79.9 cm³/mol. The van der Waals surface area contributed by atoms with Crippen molar-refractivity contribution in [1.82, 2.24) is 0 Å². The van der Waals surface area contributed by atoms with Crippen LogP contribution in [0.25, 0.3) is 0 Å². The first-order valence-electron chi connectivity index (χ1n) is 7.83. The maximum atomic E-state index is 2.62. The molecule has 1 radical (unpaired) electrons. The lowest BCUT2D eigenvalue weighted by Gasteiger charge is -2.24. The van der Waals surface area contributed by atoms with E-state index in [-0.39, 0.29) is 0 Å². The summed E-state index contributed by atoms with van der Waals surface area (Å²) in [6.07, 6.45) is 13.1. The lowest BCUT2D eigenvalue weighted by molar-refractivity contribution is 0.447. The largest absolute Gasteiger partial charge is 0.120 e. The van der Waals surface area contributed by atoms with E-state index in [4.69, 9.17) is 0 Å². The molecule has 99 valence electrons. The van der Waals surface area contributed by atoms with E-state index in [0.29, 0.717) is 5.31 Å². The zero-order valence-corrected chi connectivity index (χ0v) is 12.6. The van der Waals surface area contributed by atoms with E-state index in [0.717, 1.165) is 11.7 Å². The molecule has 0 saturated heterocycles. The number of rotatable bonds is 1. The van der Waals surface area contributed by atoms with E-state index in [9.17, 15) is 0 Å². The van der Waals surface area contributed by atoms with Crippen LogP contribution in [0.2, 0.25) is 11.1 Å². The van der Waals surface area contributed by atoms with Crippen LogP contribution < -0.4 is 0 Å². The van der Waals surface area contributed by atoms with E-state index < -0.39 is 0 Å². The van der Waals surface area contributed by atoms with Crippen LogP contribution in [0.5, 0.6) is 0 Å². The first kappa shape index (κ1) is 15.1. The van der Waals surface area contributed by atoms with Crippen LogP contribution in [0.1, 0.15) is 85.5 Å². The van der Waals surface area contributed by atoms with Gasteiger partial charge in [0.1, 0.15) is 7.28 Å². The normalized spacial score (nSPS) is 29.4. The Morgan fingerprint density at radius 1 is 0.765 bits per heavy atom. The SMILES string of the molecule is CC1CCCCCC([B]C(C)(C)C)CCCC1. The predicted octanol–water partition coefficient (Wildman–Crippen LogP) is 5.86. The molecule has 0 N–H and O–H groups in total. The second kappa shape index (κ2) is 7.49. The first-order valence-corrected chi connectivity index (χ1v) is 7.83. The average molecular weight is 235 g/mol. The highest BCUT2D eigenvalue weighted by atomic mass is 14.1. The van der Waals surface area contributed by atoms with Crippen LogP contribution >= 0.6 is 0 Å². The van der Waals surface area contributed by atoms with Gasteiger partial charge in [0.25, 0.3) is 0 Å². The minimum absolute atomic E-state index is 0.401. The smallest absolute Gasteiger partial charge is 0.0682 e. The maximum absolute atomic E-state index is 2.62. The van der Waals surface area contributed by atoms with Gasteiger partial charge in [-0.15, -0.1) is 0 Å². The average Bonchev–Trinajstić information content (AvgIpc) is 2.24. The molecule has 1 aliphatic rings. The molecule has 1 aliphatic carbocycles. The van der Waals surface area contributed by atoms with Crippen LogP contribution in [0.3, 0.4) is 0 Å². The molecule has 17 heavy (non-hydrogen) atoms. The molecule has 0 amide bonds. The summed E-state index contributed by atoms with van der Waals surface area (Å²) in [7, 11) is 2.62. The molecule has 0 aromatic carbocycles. The van der Waals surface area contributed by atoms with Crippen molar-refractivity contribution in [3.8, 4) is 0 Å². The third-order valence-electron chi connectivity index (χ3n) is 4.03. The summed E-state index contributed by atoms with van der Waals surface area (Å²) < 4.78 is 0. The van der Waals surface area contributed by atoms with Crippen molar-refractivity contribution in [2.24, 2.45) is 5.92 Å². The molecular weight excluding hydrogens is 203 g/mol. The zero-order valence-electron chi connectivity index (χ0n) is 12.6. The Bertz CT molecular complexity index is 192. The molecule has 1 fully saturated rings.